The van der Waals surface area contributed by atoms with Gasteiger partial charge < -0.3 is 9.84 Å². The SMILES string of the molecule is CC1=CC(c2cccc([N+](=O)[O-])c2)C(c2nc(CSCc3ccccc3)no2)=C(C)N1. The first kappa shape index (κ1) is 20.9. The molecule has 2 heterocycles. The summed E-state index contributed by atoms with van der Waals surface area (Å²) in [4.78, 5) is 15.5. The predicted molar refractivity (Wildman–Crippen MR) is 121 cm³/mol. The van der Waals surface area contributed by atoms with E-state index in [0.717, 1.165) is 28.3 Å². The van der Waals surface area contributed by atoms with Crippen molar-refractivity contribution in [2.75, 3.05) is 0 Å². The number of dihydropyridines is 1. The van der Waals surface area contributed by atoms with Crippen molar-refractivity contribution in [1.82, 2.24) is 15.5 Å². The van der Waals surface area contributed by atoms with E-state index in [-0.39, 0.29) is 16.5 Å². The summed E-state index contributed by atoms with van der Waals surface area (Å²) in [6.45, 7) is 3.91. The number of non-ortho nitro benzene ring substituents is 1. The van der Waals surface area contributed by atoms with E-state index in [1.807, 2.05) is 44.2 Å². The Labute approximate surface area is 184 Å². The van der Waals surface area contributed by atoms with E-state index < -0.39 is 0 Å². The largest absolute Gasteiger partial charge is 0.363 e. The molecule has 1 N–H and O–H groups in total. The molecule has 31 heavy (non-hydrogen) atoms. The standard InChI is InChI=1S/C23H22N4O3S/c1-15-11-20(18-9-6-10-19(12-18)27(28)29)22(16(2)24-15)23-25-21(26-30-23)14-31-13-17-7-4-3-5-8-17/h3-12,20,24H,13-14H2,1-2H3. The van der Waals surface area contributed by atoms with Gasteiger partial charge in [0.05, 0.1) is 10.7 Å². The summed E-state index contributed by atoms with van der Waals surface area (Å²) in [5.41, 5.74) is 4.81. The fraction of sp³-hybridized carbons (Fsp3) is 0.217. The second-order valence-corrected chi connectivity index (χ2v) is 8.32. The molecule has 1 aliphatic rings. The summed E-state index contributed by atoms with van der Waals surface area (Å²) in [5, 5.41) is 18.7. The van der Waals surface area contributed by atoms with Crippen LogP contribution in [-0.2, 0) is 11.5 Å². The third kappa shape index (κ3) is 4.86. The molecule has 0 fully saturated rings. The molecule has 158 valence electrons. The summed E-state index contributed by atoms with van der Waals surface area (Å²) >= 11 is 1.72. The van der Waals surface area contributed by atoms with Gasteiger partial charge in [-0.15, -0.1) is 11.8 Å². The minimum absolute atomic E-state index is 0.0580. The van der Waals surface area contributed by atoms with Gasteiger partial charge >= 0.3 is 0 Å². The van der Waals surface area contributed by atoms with Gasteiger partial charge in [-0.2, -0.15) is 4.98 Å². The molecule has 2 aromatic carbocycles. The van der Waals surface area contributed by atoms with Crippen molar-refractivity contribution in [1.29, 1.82) is 0 Å². The van der Waals surface area contributed by atoms with E-state index in [1.165, 1.54) is 11.6 Å². The van der Waals surface area contributed by atoms with Crippen LogP contribution in [0.4, 0.5) is 5.69 Å². The van der Waals surface area contributed by atoms with Crippen LogP contribution in [-0.4, -0.2) is 15.1 Å². The molecule has 4 rings (SSSR count). The maximum absolute atomic E-state index is 11.2. The van der Waals surface area contributed by atoms with Gasteiger partial charge in [0.25, 0.3) is 11.6 Å². The maximum Gasteiger partial charge on any atom is 0.269 e. The van der Waals surface area contributed by atoms with E-state index in [1.54, 1.807) is 23.9 Å². The van der Waals surface area contributed by atoms with Crippen LogP contribution in [0.1, 0.15) is 42.6 Å². The topological polar surface area (TPSA) is 94.1 Å². The van der Waals surface area contributed by atoms with Gasteiger partial charge in [-0.25, -0.2) is 0 Å². The third-order valence-corrected chi connectivity index (χ3v) is 6.00. The van der Waals surface area contributed by atoms with E-state index in [0.29, 0.717) is 17.5 Å². The molecule has 3 aromatic rings. The van der Waals surface area contributed by atoms with Crippen molar-refractivity contribution in [3.05, 3.63) is 105 Å². The third-order valence-electron chi connectivity index (χ3n) is 5.00. The van der Waals surface area contributed by atoms with Crippen molar-refractivity contribution in [3.63, 3.8) is 0 Å². The molecule has 0 radical (unpaired) electrons. The molecule has 1 aliphatic heterocycles. The lowest BCUT2D eigenvalue weighted by atomic mass is 9.86. The number of aromatic nitrogens is 2. The van der Waals surface area contributed by atoms with Crippen molar-refractivity contribution >= 4 is 23.0 Å². The first-order valence-electron chi connectivity index (χ1n) is 9.86. The van der Waals surface area contributed by atoms with Crippen LogP contribution < -0.4 is 5.32 Å². The highest BCUT2D eigenvalue weighted by atomic mass is 32.2. The number of nitrogens with one attached hydrogen (secondary N) is 1. The van der Waals surface area contributed by atoms with Crippen LogP contribution in [0.25, 0.3) is 5.57 Å². The Morgan fingerprint density at radius 3 is 2.71 bits per heavy atom. The van der Waals surface area contributed by atoms with Crippen molar-refractivity contribution in [2.24, 2.45) is 0 Å². The highest BCUT2D eigenvalue weighted by Gasteiger charge is 2.28. The molecule has 0 saturated heterocycles. The number of hydrogen-bond acceptors (Lipinski definition) is 7. The molecule has 8 heteroatoms. The van der Waals surface area contributed by atoms with Gasteiger partial charge in [-0.3, -0.25) is 10.1 Å². The second kappa shape index (κ2) is 9.18. The molecule has 0 amide bonds. The lowest BCUT2D eigenvalue weighted by molar-refractivity contribution is -0.384. The average molecular weight is 435 g/mol. The Morgan fingerprint density at radius 1 is 1.13 bits per heavy atom. The van der Waals surface area contributed by atoms with Gasteiger partial charge in [-0.05, 0) is 25.0 Å². The van der Waals surface area contributed by atoms with E-state index in [2.05, 4.69) is 27.6 Å². The molecular formula is C23H22N4O3S. The Hall–Kier alpha value is -3.39. The summed E-state index contributed by atoms with van der Waals surface area (Å²) in [7, 11) is 0. The highest BCUT2D eigenvalue weighted by molar-refractivity contribution is 7.97. The lowest BCUT2D eigenvalue weighted by Gasteiger charge is -2.24. The Morgan fingerprint density at radius 2 is 1.94 bits per heavy atom. The van der Waals surface area contributed by atoms with Gasteiger partial charge in [-0.1, -0.05) is 53.7 Å². The molecule has 1 atom stereocenters. The zero-order valence-corrected chi connectivity index (χ0v) is 18.1. The zero-order chi connectivity index (χ0) is 21.8. The minimum atomic E-state index is -0.383. The molecule has 0 bridgehead atoms. The molecule has 0 aliphatic carbocycles. The first-order valence-corrected chi connectivity index (χ1v) is 11.0. The quantitative estimate of drug-likeness (QED) is 0.391. The predicted octanol–water partition coefficient (Wildman–Crippen LogP) is 5.43. The van der Waals surface area contributed by atoms with Crippen molar-refractivity contribution in [3.8, 4) is 0 Å². The van der Waals surface area contributed by atoms with Crippen molar-refractivity contribution in [2.45, 2.75) is 31.3 Å². The minimum Gasteiger partial charge on any atom is -0.363 e. The molecular weight excluding hydrogens is 412 g/mol. The summed E-state index contributed by atoms with van der Waals surface area (Å²) < 4.78 is 5.61. The summed E-state index contributed by atoms with van der Waals surface area (Å²) in [5.74, 6) is 2.34. The highest BCUT2D eigenvalue weighted by Crippen LogP contribution is 2.39. The fourth-order valence-electron chi connectivity index (χ4n) is 3.62. The monoisotopic (exact) mass is 434 g/mol. The number of rotatable bonds is 7. The van der Waals surface area contributed by atoms with Crippen LogP contribution in [0.5, 0.6) is 0 Å². The number of benzene rings is 2. The summed E-state index contributed by atoms with van der Waals surface area (Å²) in [6, 6.07) is 16.9. The average Bonchev–Trinajstić information content (AvgIpc) is 3.22. The van der Waals surface area contributed by atoms with Crippen LogP contribution in [0, 0.1) is 10.1 Å². The fourth-order valence-corrected chi connectivity index (χ4v) is 4.45. The summed E-state index contributed by atoms with van der Waals surface area (Å²) in [6.07, 6.45) is 2.02. The maximum atomic E-state index is 11.2. The first-order chi connectivity index (χ1) is 15.0. The van der Waals surface area contributed by atoms with E-state index in [4.69, 9.17) is 4.52 Å². The van der Waals surface area contributed by atoms with Crippen LogP contribution >= 0.6 is 11.8 Å². The van der Waals surface area contributed by atoms with Gasteiger partial charge in [0.2, 0.25) is 0 Å². The molecule has 1 aromatic heterocycles. The Bertz CT molecular complexity index is 1150. The van der Waals surface area contributed by atoms with Crippen LogP contribution in [0.15, 0.2) is 76.6 Å². The molecule has 1 unspecified atom stereocenters. The van der Waals surface area contributed by atoms with Crippen molar-refractivity contribution < 1.29 is 9.45 Å². The number of hydrogen-bond donors (Lipinski definition) is 1. The molecule has 0 saturated carbocycles. The Balaban J connectivity index is 1.56. The number of thioether (sulfide) groups is 1. The number of allylic oxidation sites excluding steroid dienone is 4. The smallest absolute Gasteiger partial charge is 0.269 e. The number of nitrogens with zero attached hydrogens (tertiary/aromatic N) is 3. The molecule has 7 nitrogen and oxygen atoms in total. The normalized spacial score (nSPS) is 16.1. The lowest BCUT2D eigenvalue weighted by Crippen LogP contribution is -2.19. The second-order valence-electron chi connectivity index (χ2n) is 7.34. The zero-order valence-electron chi connectivity index (χ0n) is 17.2. The van der Waals surface area contributed by atoms with E-state index >= 15 is 0 Å². The number of nitro benzene ring substituents is 1. The van der Waals surface area contributed by atoms with E-state index in [9.17, 15) is 10.1 Å². The van der Waals surface area contributed by atoms with Gasteiger partial charge in [0.15, 0.2) is 5.82 Å². The number of nitro groups is 1. The van der Waals surface area contributed by atoms with Crippen LogP contribution in [0.3, 0.4) is 0 Å². The Kier molecular flexibility index (Phi) is 6.18. The van der Waals surface area contributed by atoms with Crippen LogP contribution in [0.2, 0.25) is 0 Å². The molecule has 0 spiro atoms. The van der Waals surface area contributed by atoms with Gasteiger partial charge in [0.1, 0.15) is 0 Å². The van der Waals surface area contributed by atoms with Gasteiger partial charge in [0, 0.05) is 40.8 Å².